The van der Waals surface area contributed by atoms with Gasteiger partial charge < -0.3 is 15.4 Å². The number of carbonyl (C=O) groups excluding carboxylic acids is 2. The Hall–Kier alpha value is -0.750. The maximum Gasteiger partial charge on any atom is 0.232 e. The Balaban J connectivity index is 2.27. The molecule has 1 aliphatic rings. The van der Waals surface area contributed by atoms with Crippen LogP contribution >= 0.6 is 11.8 Å². The van der Waals surface area contributed by atoms with Gasteiger partial charge >= 0.3 is 0 Å². The summed E-state index contributed by atoms with van der Waals surface area (Å²) in [6.07, 6.45) is 3.23. The van der Waals surface area contributed by atoms with Crippen molar-refractivity contribution in [3.63, 3.8) is 0 Å². The Morgan fingerprint density at radius 2 is 2.22 bits per heavy atom. The van der Waals surface area contributed by atoms with E-state index in [9.17, 15) is 9.59 Å². The molecule has 0 aromatic rings. The second-order valence-electron chi connectivity index (χ2n) is 4.59. The number of likely N-dealkylation sites (tertiary alicyclic amines) is 1. The number of rotatable bonds is 7. The maximum absolute atomic E-state index is 11.9. The topological polar surface area (TPSA) is 72.6 Å². The van der Waals surface area contributed by atoms with E-state index in [2.05, 4.69) is 0 Å². The van der Waals surface area contributed by atoms with Crippen LogP contribution in [0, 0.1) is 5.92 Å². The van der Waals surface area contributed by atoms with Crippen molar-refractivity contribution in [2.24, 2.45) is 11.7 Å². The van der Waals surface area contributed by atoms with Crippen molar-refractivity contribution in [3.8, 4) is 0 Å². The number of carbonyl (C=O) groups is 2. The van der Waals surface area contributed by atoms with Gasteiger partial charge in [-0.05, 0) is 25.2 Å². The Labute approximate surface area is 112 Å². The van der Waals surface area contributed by atoms with E-state index in [1.807, 2.05) is 4.90 Å². The summed E-state index contributed by atoms with van der Waals surface area (Å²) in [5.74, 6) is 0.851. The zero-order valence-corrected chi connectivity index (χ0v) is 11.7. The Bertz CT molecular complexity index is 286. The molecule has 5 nitrogen and oxygen atoms in total. The quantitative estimate of drug-likeness (QED) is 0.733. The second kappa shape index (κ2) is 8.37. The van der Waals surface area contributed by atoms with Gasteiger partial charge in [0.25, 0.3) is 0 Å². The smallest absolute Gasteiger partial charge is 0.232 e. The van der Waals surface area contributed by atoms with E-state index in [4.69, 9.17) is 10.5 Å². The first kappa shape index (κ1) is 15.3. The van der Waals surface area contributed by atoms with Gasteiger partial charge in [0.05, 0.1) is 11.5 Å². The molecule has 0 radical (unpaired) electrons. The summed E-state index contributed by atoms with van der Waals surface area (Å²) in [6.45, 7) is 2.40. The molecule has 1 aliphatic heterocycles. The lowest BCUT2D eigenvalue weighted by Gasteiger charge is -2.32. The van der Waals surface area contributed by atoms with Gasteiger partial charge in [-0.3, -0.25) is 9.59 Å². The molecule has 1 unspecified atom stereocenters. The fourth-order valence-electron chi connectivity index (χ4n) is 2.14. The first-order valence-electron chi connectivity index (χ1n) is 6.26. The van der Waals surface area contributed by atoms with Crippen LogP contribution in [0.4, 0.5) is 0 Å². The number of ether oxygens (including phenoxy) is 1. The highest BCUT2D eigenvalue weighted by Gasteiger charge is 2.23. The zero-order chi connectivity index (χ0) is 13.4. The highest BCUT2D eigenvalue weighted by molar-refractivity contribution is 8.00. The summed E-state index contributed by atoms with van der Waals surface area (Å²) >= 11 is 1.29. The normalized spacial score (nSPS) is 19.8. The first-order valence-corrected chi connectivity index (χ1v) is 7.41. The molecule has 0 spiro atoms. The standard InChI is InChI=1S/C12H22N2O3S/c1-17-6-4-10-3-2-5-14(7-10)12(16)9-18-8-11(13)15/h10H,2-9H2,1H3,(H2,13,15). The van der Waals surface area contributed by atoms with Crippen LogP contribution in [0.1, 0.15) is 19.3 Å². The maximum atomic E-state index is 11.9. The van der Waals surface area contributed by atoms with E-state index in [0.717, 1.165) is 32.5 Å². The van der Waals surface area contributed by atoms with Crippen molar-refractivity contribution >= 4 is 23.6 Å². The number of primary amides is 1. The van der Waals surface area contributed by atoms with Crippen LogP contribution in [0.5, 0.6) is 0 Å². The van der Waals surface area contributed by atoms with Crippen molar-refractivity contribution in [1.29, 1.82) is 0 Å². The summed E-state index contributed by atoms with van der Waals surface area (Å²) in [5, 5.41) is 0. The molecule has 0 saturated carbocycles. The van der Waals surface area contributed by atoms with Gasteiger partial charge in [0.2, 0.25) is 11.8 Å². The van der Waals surface area contributed by atoms with E-state index < -0.39 is 0 Å². The monoisotopic (exact) mass is 274 g/mol. The van der Waals surface area contributed by atoms with Crippen molar-refractivity contribution in [1.82, 2.24) is 4.90 Å². The van der Waals surface area contributed by atoms with E-state index in [-0.39, 0.29) is 17.6 Å². The van der Waals surface area contributed by atoms with Gasteiger partial charge in [0.15, 0.2) is 0 Å². The third-order valence-electron chi connectivity index (χ3n) is 3.07. The van der Waals surface area contributed by atoms with Gasteiger partial charge in [-0.15, -0.1) is 11.8 Å². The molecule has 1 fully saturated rings. The minimum atomic E-state index is -0.371. The summed E-state index contributed by atoms with van der Waals surface area (Å²) < 4.78 is 5.07. The number of hydrogen-bond acceptors (Lipinski definition) is 4. The minimum absolute atomic E-state index is 0.114. The number of amides is 2. The van der Waals surface area contributed by atoms with Crippen LogP contribution < -0.4 is 5.73 Å². The van der Waals surface area contributed by atoms with Gasteiger partial charge in [-0.2, -0.15) is 0 Å². The molecule has 0 aromatic heterocycles. The van der Waals surface area contributed by atoms with Crippen LogP contribution in [-0.4, -0.2) is 55.0 Å². The minimum Gasteiger partial charge on any atom is -0.385 e. The largest absolute Gasteiger partial charge is 0.385 e. The number of thioether (sulfide) groups is 1. The third-order valence-corrected chi connectivity index (χ3v) is 4.01. The van der Waals surface area contributed by atoms with Crippen molar-refractivity contribution in [2.75, 3.05) is 38.3 Å². The number of methoxy groups -OCH3 is 1. The SMILES string of the molecule is COCCC1CCCN(C(=O)CSCC(N)=O)C1. The third kappa shape index (κ3) is 5.73. The number of hydrogen-bond donors (Lipinski definition) is 1. The average Bonchev–Trinajstić information content (AvgIpc) is 2.36. The molecule has 1 heterocycles. The van der Waals surface area contributed by atoms with E-state index in [1.54, 1.807) is 7.11 Å². The van der Waals surface area contributed by atoms with Crippen molar-refractivity contribution in [3.05, 3.63) is 0 Å². The molecule has 104 valence electrons. The average molecular weight is 274 g/mol. The molecule has 1 rings (SSSR count). The van der Waals surface area contributed by atoms with Crippen LogP contribution in [0.25, 0.3) is 0 Å². The lowest BCUT2D eigenvalue weighted by Crippen LogP contribution is -2.41. The van der Waals surface area contributed by atoms with Gasteiger partial charge in [-0.1, -0.05) is 0 Å². The molecule has 0 aliphatic carbocycles. The molecular weight excluding hydrogens is 252 g/mol. The van der Waals surface area contributed by atoms with Crippen LogP contribution in [0.3, 0.4) is 0 Å². The second-order valence-corrected chi connectivity index (χ2v) is 5.57. The van der Waals surface area contributed by atoms with Crippen LogP contribution in [0.2, 0.25) is 0 Å². The van der Waals surface area contributed by atoms with E-state index >= 15 is 0 Å². The number of nitrogens with zero attached hydrogens (tertiary/aromatic N) is 1. The fourth-order valence-corrected chi connectivity index (χ4v) is 2.80. The molecule has 2 amide bonds. The van der Waals surface area contributed by atoms with Gasteiger partial charge in [-0.25, -0.2) is 0 Å². The summed E-state index contributed by atoms with van der Waals surface area (Å²) in [7, 11) is 1.70. The van der Waals surface area contributed by atoms with E-state index in [1.165, 1.54) is 18.2 Å². The van der Waals surface area contributed by atoms with Crippen molar-refractivity contribution in [2.45, 2.75) is 19.3 Å². The summed E-state index contributed by atoms with van der Waals surface area (Å²) in [6, 6.07) is 0. The lowest BCUT2D eigenvalue weighted by molar-refractivity contribution is -0.130. The predicted octanol–water partition coefficient (Wildman–Crippen LogP) is 0.480. The summed E-state index contributed by atoms with van der Waals surface area (Å²) in [5.41, 5.74) is 5.04. The Kier molecular flexibility index (Phi) is 7.12. The first-order chi connectivity index (χ1) is 8.63. The molecule has 0 bridgehead atoms. The van der Waals surface area contributed by atoms with Crippen molar-refractivity contribution < 1.29 is 14.3 Å². The predicted molar refractivity (Wildman–Crippen MR) is 72.3 cm³/mol. The number of piperidine rings is 1. The highest BCUT2D eigenvalue weighted by atomic mass is 32.2. The highest BCUT2D eigenvalue weighted by Crippen LogP contribution is 2.20. The Morgan fingerprint density at radius 3 is 2.89 bits per heavy atom. The van der Waals surface area contributed by atoms with E-state index in [0.29, 0.717) is 11.7 Å². The number of nitrogens with two attached hydrogens (primary N) is 1. The van der Waals surface area contributed by atoms with Crippen LogP contribution in [-0.2, 0) is 14.3 Å². The zero-order valence-electron chi connectivity index (χ0n) is 10.9. The molecule has 18 heavy (non-hydrogen) atoms. The molecule has 6 heteroatoms. The molecule has 2 N–H and O–H groups in total. The van der Waals surface area contributed by atoms with Gasteiger partial charge in [0, 0.05) is 26.8 Å². The summed E-state index contributed by atoms with van der Waals surface area (Å²) in [4.78, 5) is 24.4. The molecule has 0 aromatic carbocycles. The molecular formula is C12H22N2O3S. The van der Waals surface area contributed by atoms with Gasteiger partial charge in [0.1, 0.15) is 0 Å². The Morgan fingerprint density at radius 1 is 1.44 bits per heavy atom. The lowest BCUT2D eigenvalue weighted by atomic mass is 9.95. The molecule has 1 saturated heterocycles. The fraction of sp³-hybridized carbons (Fsp3) is 0.833. The molecule has 1 atom stereocenters. The van der Waals surface area contributed by atoms with Crippen LogP contribution in [0.15, 0.2) is 0 Å².